The Morgan fingerprint density at radius 3 is 1.36 bits per heavy atom. The monoisotopic (exact) mass is 510 g/mol. The first-order valence-corrected chi connectivity index (χ1v) is 14.2. The summed E-state index contributed by atoms with van der Waals surface area (Å²) in [5.41, 5.74) is -0.341. The molecule has 0 amide bonds. The van der Waals surface area contributed by atoms with Crippen molar-refractivity contribution in [3.8, 4) is 28.7 Å². The topological polar surface area (TPSA) is 94.5 Å². The SMILES string of the molecule is CCCCCCCCCCOc1c(O)c(C(=O)O)c(OCCCC)c(OCCCC)c1OCCCC. The van der Waals surface area contributed by atoms with Crippen LogP contribution < -0.4 is 18.9 Å². The van der Waals surface area contributed by atoms with Crippen LogP contribution in [0.4, 0.5) is 0 Å². The van der Waals surface area contributed by atoms with Gasteiger partial charge in [-0.25, -0.2) is 4.79 Å². The molecule has 208 valence electrons. The van der Waals surface area contributed by atoms with Crippen LogP contribution in [0.2, 0.25) is 0 Å². The van der Waals surface area contributed by atoms with E-state index < -0.39 is 11.7 Å². The van der Waals surface area contributed by atoms with Crippen LogP contribution in [0.15, 0.2) is 0 Å². The quantitative estimate of drug-likeness (QED) is 0.143. The van der Waals surface area contributed by atoms with Gasteiger partial charge in [0.2, 0.25) is 17.2 Å². The van der Waals surface area contributed by atoms with Gasteiger partial charge in [0.25, 0.3) is 0 Å². The van der Waals surface area contributed by atoms with Crippen LogP contribution in [0.1, 0.15) is 128 Å². The highest BCUT2D eigenvalue weighted by Crippen LogP contribution is 2.53. The minimum absolute atomic E-state index is 0.00970. The number of hydrogen-bond donors (Lipinski definition) is 2. The molecule has 0 saturated carbocycles. The third kappa shape index (κ3) is 11.2. The Hall–Kier alpha value is -2.31. The van der Waals surface area contributed by atoms with Gasteiger partial charge >= 0.3 is 5.97 Å². The lowest BCUT2D eigenvalue weighted by Gasteiger charge is -2.23. The van der Waals surface area contributed by atoms with E-state index in [1.54, 1.807) is 0 Å². The Morgan fingerprint density at radius 1 is 0.528 bits per heavy atom. The molecule has 1 aromatic carbocycles. The van der Waals surface area contributed by atoms with Gasteiger partial charge in [-0.3, -0.25) is 0 Å². The molecule has 0 aromatic heterocycles. The van der Waals surface area contributed by atoms with Crippen molar-refractivity contribution in [3.63, 3.8) is 0 Å². The van der Waals surface area contributed by atoms with Crippen molar-refractivity contribution in [2.24, 2.45) is 0 Å². The summed E-state index contributed by atoms with van der Waals surface area (Å²) in [6, 6.07) is 0. The van der Waals surface area contributed by atoms with E-state index in [-0.39, 0.29) is 28.6 Å². The van der Waals surface area contributed by atoms with E-state index in [9.17, 15) is 15.0 Å². The van der Waals surface area contributed by atoms with Gasteiger partial charge in [-0.2, -0.15) is 0 Å². The van der Waals surface area contributed by atoms with E-state index in [1.165, 1.54) is 32.1 Å². The maximum Gasteiger partial charge on any atom is 0.343 e. The summed E-state index contributed by atoms with van der Waals surface area (Å²) in [5.74, 6) is -1.29. The highest BCUT2D eigenvalue weighted by atomic mass is 16.6. The number of unbranched alkanes of at least 4 members (excludes halogenated alkanes) is 10. The van der Waals surface area contributed by atoms with Crippen molar-refractivity contribution < 1.29 is 34.0 Å². The summed E-state index contributed by atoms with van der Waals surface area (Å²) >= 11 is 0. The molecule has 0 unspecified atom stereocenters. The first-order chi connectivity index (χ1) is 17.5. The third-order valence-electron chi connectivity index (χ3n) is 5.99. The first-order valence-electron chi connectivity index (χ1n) is 14.2. The average Bonchev–Trinajstić information content (AvgIpc) is 2.85. The van der Waals surface area contributed by atoms with Crippen LogP contribution >= 0.6 is 0 Å². The second-order valence-corrected chi connectivity index (χ2v) is 9.27. The van der Waals surface area contributed by atoms with Crippen LogP contribution in [0.3, 0.4) is 0 Å². The summed E-state index contributed by atoms with van der Waals surface area (Å²) in [7, 11) is 0. The molecule has 0 bridgehead atoms. The lowest BCUT2D eigenvalue weighted by Crippen LogP contribution is -2.12. The molecule has 0 radical (unpaired) electrons. The van der Waals surface area contributed by atoms with Gasteiger partial charge in [-0.05, 0) is 25.7 Å². The normalized spacial score (nSPS) is 10.9. The van der Waals surface area contributed by atoms with Crippen LogP contribution in [0, 0.1) is 0 Å². The molecule has 0 spiro atoms. The molecule has 2 N–H and O–H groups in total. The molecule has 7 nitrogen and oxygen atoms in total. The number of rotatable bonds is 23. The van der Waals surface area contributed by atoms with Gasteiger partial charge in [-0.15, -0.1) is 0 Å². The van der Waals surface area contributed by atoms with E-state index in [0.717, 1.165) is 57.8 Å². The van der Waals surface area contributed by atoms with Crippen LogP contribution in [0.25, 0.3) is 0 Å². The van der Waals surface area contributed by atoms with E-state index in [2.05, 4.69) is 20.8 Å². The van der Waals surface area contributed by atoms with Crippen LogP contribution in [0.5, 0.6) is 28.7 Å². The van der Waals surface area contributed by atoms with E-state index in [1.807, 2.05) is 6.92 Å². The molecule has 36 heavy (non-hydrogen) atoms. The van der Waals surface area contributed by atoms with Crippen molar-refractivity contribution in [2.75, 3.05) is 26.4 Å². The zero-order chi connectivity index (χ0) is 26.6. The highest BCUT2D eigenvalue weighted by Gasteiger charge is 2.32. The second kappa shape index (κ2) is 19.8. The standard InChI is InChI=1S/C29H50O7/c1-5-9-13-14-15-16-17-18-22-34-26-24(30)23(29(31)32)25(33-19-10-6-2)27(35-20-11-7-3)28(26)36-21-12-8-4/h30H,5-22H2,1-4H3,(H,31,32). The summed E-state index contributed by atoms with van der Waals surface area (Å²) in [5, 5.41) is 21.0. The Bertz CT molecular complexity index is 733. The van der Waals surface area contributed by atoms with Crippen LogP contribution in [-0.4, -0.2) is 42.6 Å². The zero-order valence-electron chi connectivity index (χ0n) is 23.2. The summed E-state index contributed by atoms with van der Waals surface area (Å²) in [6.45, 7) is 9.81. The maximum absolute atomic E-state index is 12.2. The molecule has 0 fully saturated rings. The van der Waals surface area contributed by atoms with Crippen molar-refractivity contribution in [1.29, 1.82) is 0 Å². The van der Waals surface area contributed by atoms with Crippen LogP contribution in [-0.2, 0) is 0 Å². The van der Waals surface area contributed by atoms with Crippen molar-refractivity contribution in [1.82, 2.24) is 0 Å². The zero-order valence-corrected chi connectivity index (χ0v) is 23.2. The Morgan fingerprint density at radius 2 is 0.889 bits per heavy atom. The average molecular weight is 511 g/mol. The Kier molecular flexibility index (Phi) is 17.5. The Balaban J connectivity index is 3.20. The first kappa shape index (κ1) is 31.7. The molecule has 0 heterocycles. The van der Waals surface area contributed by atoms with Gasteiger partial charge in [0.15, 0.2) is 17.1 Å². The third-order valence-corrected chi connectivity index (χ3v) is 5.99. The predicted molar refractivity (Wildman–Crippen MR) is 144 cm³/mol. The molecule has 0 aliphatic rings. The number of carbonyl (C=O) groups is 1. The number of carboxylic acid groups (broad SMARTS) is 1. The van der Waals surface area contributed by atoms with Gasteiger partial charge in [-0.1, -0.05) is 91.9 Å². The fourth-order valence-corrected chi connectivity index (χ4v) is 3.75. The number of carboxylic acids is 1. The molecular weight excluding hydrogens is 460 g/mol. The van der Waals surface area contributed by atoms with Gasteiger partial charge in [0, 0.05) is 0 Å². The van der Waals surface area contributed by atoms with E-state index in [4.69, 9.17) is 18.9 Å². The molecule has 1 aromatic rings. The predicted octanol–water partition coefficient (Wildman–Crippen LogP) is 8.15. The molecule has 7 heteroatoms. The second-order valence-electron chi connectivity index (χ2n) is 9.27. The summed E-state index contributed by atoms with van der Waals surface area (Å²) < 4.78 is 24.0. The molecule has 1 rings (SSSR count). The fourth-order valence-electron chi connectivity index (χ4n) is 3.75. The number of benzene rings is 1. The van der Waals surface area contributed by atoms with Gasteiger partial charge in [0.1, 0.15) is 0 Å². The van der Waals surface area contributed by atoms with E-state index in [0.29, 0.717) is 26.4 Å². The van der Waals surface area contributed by atoms with Gasteiger partial charge < -0.3 is 29.2 Å². The minimum Gasteiger partial charge on any atom is -0.503 e. The largest absolute Gasteiger partial charge is 0.503 e. The number of phenols is 1. The molecule has 0 atom stereocenters. The minimum atomic E-state index is -1.30. The smallest absolute Gasteiger partial charge is 0.343 e. The van der Waals surface area contributed by atoms with Crippen molar-refractivity contribution in [2.45, 2.75) is 118 Å². The lowest BCUT2D eigenvalue weighted by atomic mass is 10.1. The van der Waals surface area contributed by atoms with Crippen molar-refractivity contribution in [3.05, 3.63) is 5.56 Å². The number of hydrogen-bond acceptors (Lipinski definition) is 6. The number of aromatic carboxylic acids is 1. The number of ether oxygens (including phenoxy) is 4. The van der Waals surface area contributed by atoms with Gasteiger partial charge in [0.05, 0.1) is 26.4 Å². The summed E-state index contributed by atoms with van der Waals surface area (Å²) in [4.78, 5) is 12.2. The molecular formula is C29H50O7. The molecule has 0 aliphatic heterocycles. The Labute approximate surface area is 218 Å². The van der Waals surface area contributed by atoms with E-state index >= 15 is 0 Å². The summed E-state index contributed by atoms with van der Waals surface area (Å²) in [6.07, 6.45) is 14.3. The van der Waals surface area contributed by atoms with Crippen molar-refractivity contribution >= 4 is 5.97 Å². The maximum atomic E-state index is 12.2. The molecule has 0 saturated heterocycles. The molecule has 0 aliphatic carbocycles. The number of aromatic hydroxyl groups is 1. The fraction of sp³-hybridized carbons (Fsp3) is 0.759. The lowest BCUT2D eigenvalue weighted by molar-refractivity contribution is 0.0685. The highest BCUT2D eigenvalue weighted by molar-refractivity contribution is 5.97.